The van der Waals surface area contributed by atoms with E-state index in [0.717, 1.165) is 0 Å². The number of amides is 1. The second kappa shape index (κ2) is 16.0. The molecule has 1 fully saturated rings. The number of hydrogen-bond donors (Lipinski definition) is 1. The average Bonchev–Trinajstić information content (AvgIpc) is 3.23. The number of ketones is 1. The second-order valence-corrected chi connectivity index (χ2v) is 11.7. The molecule has 13 heteroatoms. The van der Waals surface area contributed by atoms with Crippen LogP contribution in [0, 0.1) is 0 Å². The van der Waals surface area contributed by atoms with Crippen molar-refractivity contribution in [2.75, 3.05) is 34.1 Å². The molecule has 0 unspecified atom stereocenters. The fourth-order valence-corrected chi connectivity index (χ4v) is 4.77. The minimum atomic E-state index is -0.881. The fourth-order valence-electron chi connectivity index (χ4n) is 4.77. The lowest BCUT2D eigenvalue weighted by atomic mass is 10.0. The van der Waals surface area contributed by atoms with Crippen molar-refractivity contribution >= 4 is 23.8 Å². The molecular formula is C34H39N3O10. The molecule has 1 aromatic heterocycles. The maximum absolute atomic E-state index is 13.4. The van der Waals surface area contributed by atoms with Gasteiger partial charge in [-0.25, -0.2) is 9.59 Å². The van der Waals surface area contributed by atoms with Crippen molar-refractivity contribution in [3.05, 3.63) is 89.2 Å². The van der Waals surface area contributed by atoms with Gasteiger partial charge >= 0.3 is 12.1 Å². The van der Waals surface area contributed by atoms with Crippen LogP contribution in [-0.4, -0.2) is 85.7 Å². The van der Waals surface area contributed by atoms with Gasteiger partial charge in [0.25, 0.3) is 5.91 Å². The largest absolute Gasteiger partial charge is 0.528 e. The molecule has 0 aliphatic carbocycles. The summed E-state index contributed by atoms with van der Waals surface area (Å²) in [7, 11) is 2.97. The van der Waals surface area contributed by atoms with E-state index in [1.165, 1.54) is 55.9 Å². The van der Waals surface area contributed by atoms with E-state index in [-0.39, 0.29) is 30.2 Å². The third-order valence-corrected chi connectivity index (χ3v) is 7.00. The first kappa shape index (κ1) is 34.9. The Balaban J connectivity index is 1.50. The van der Waals surface area contributed by atoms with Gasteiger partial charge in [0.15, 0.2) is 12.6 Å². The van der Waals surface area contributed by atoms with E-state index in [0.29, 0.717) is 42.0 Å². The number of ether oxygens (including phenoxy) is 5. The highest BCUT2D eigenvalue weighted by molar-refractivity contribution is 6.11. The molecule has 250 valence electrons. The standard InChI is InChI=1S/C34H39N3O10/c1-34(2,3)46-33(41)47-37-18-6-7-29(27(20-37)36-31(39)23-14-16-35-17-15-23)45-32(40)24-10-8-22(9-11-24)30(38)26-19-25(43-5)12-13-28(26)44-21-42-4/h8-17,19,27,29H,6-7,18,20-21H2,1-5H3,(H,36,39)/t27-,29-/m1/s1. The number of hydrogen-bond acceptors (Lipinski definition) is 12. The van der Waals surface area contributed by atoms with E-state index in [2.05, 4.69) is 10.3 Å². The zero-order valence-electron chi connectivity index (χ0n) is 27.0. The van der Waals surface area contributed by atoms with Gasteiger partial charge in [-0.05, 0) is 76.1 Å². The van der Waals surface area contributed by atoms with Crippen LogP contribution in [-0.2, 0) is 19.0 Å². The lowest BCUT2D eigenvalue weighted by Crippen LogP contribution is -2.50. The Morgan fingerprint density at radius 1 is 0.936 bits per heavy atom. The maximum Gasteiger partial charge on any atom is 0.528 e. The SMILES string of the molecule is COCOc1ccc(OC)cc1C(=O)c1ccc(C(=O)O[C@@H]2CCCN(OC(=O)OC(C)(C)C)C[C@H]2NC(=O)c2ccncc2)cc1. The number of esters is 1. The molecule has 0 bridgehead atoms. The number of carbonyl (C=O) groups is 4. The summed E-state index contributed by atoms with van der Waals surface area (Å²) in [5.74, 6) is -0.611. The Bertz CT molecular complexity index is 1540. The van der Waals surface area contributed by atoms with Gasteiger partial charge in [0.05, 0.1) is 30.8 Å². The second-order valence-electron chi connectivity index (χ2n) is 11.7. The molecule has 2 aromatic carbocycles. The number of pyridine rings is 1. The summed E-state index contributed by atoms with van der Waals surface area (Å²) in [5, 5.41) is 4.30. The Morgan fingerprint density at radius 2 is 1.64 bits per heavy atom. The normalized spacial score (nSPS) is 16.7. The van der Waals surface area contributed by atoms with Crippen molar-refractivity contribution in [2.45, 2.75) is 51.4 Å². The van der Waals surface area contributed by atoms with Gasteiger partial charge in [-0.3, -0.25) is 14.6 Å². The molecule has 47 heavy (non-hydrogen) atoms. The van der Waals surface area contributed by atoms with Gasteiger partial charge < -0.3 is 33.8 Å². The molecule has 2 heterocycles. The Morgan fingerprint density at radius 3 is 2.30 bits per heavy atom. The van der Waals surface area contributed by atoms with Crippen LogP contribution in [0.3, 0.4) is 0 Å². The third-order valence-electron chi connectivity index (χ3n) is 7.00. The molecule has 3 aromatic rings. The summed E-state index contributed by atoms with van der Waals surface area (Å²) >= 11 is 0. The maximum atomic E-state index is 13.4. The summed E-state index contributed by atoms with van der Waals surface area (Å²) in [6, 6.07) is 13.2. The number of methoxy groups -OCH3 is 2. The van der Waals surface area contributed by atoms with Crippen molar-refractivity contribution in [2.24, 2.45) is 0 Å². The molecule has 1 N–H and O–H groups in total. The first-order chi connectivity index (χ1) is 22.5. The predicted octanol–water partition coefficient (Wildman–Crippen LogP) is 4.59. The first-order valence-electron chi connectivity index (χ1n) is 15.0. The van der Waals surface area contributed by atoms with Crippen LogP contribution in [0.25, 0.3) is 0 Å². The van der Waals surface area contributed by atoms with Crippen molar-refractivity contribution < 1.29 is 47.7 Å². The number of carbonyl (C=O) groups excluding carboxylic acids is 4. The number of hydroxylamine groups is 2. The van der Waals surface area contributed by atoms with Gasteiger partial charge in [0.1, 0.15) is 23.2 Å². The lowest BCUT2D eigenvalue weighted by molar-refractivity contribution is -0.144. The van der Waals surface area contributed by atoms with E-state index >= 15 is 0 Å². The van der Waals surface area contributed by atoms with Crippen molar-refractivity contribution in [3.63, 3.8) is 0 Å². The van der Waals surface area contributed by atoms with Crippen molar-refractivity contribution in [3.8, 4) is 11.5 Å². The van der Waals surface area contributed by atoms with E-state index in [1.54, 1.807) is 51.1 Å². The first-order valence-corrected chi connectivity index (χ1v) is 15.0. The topological polar surface area (TPSA) is 152 Å². The van der Waals surface area contributed by atoms with Gasteiger partial charge in [0, 0.05) is 37.2 Å². The van der Waals surface area contributed by atoms with Crippen LogP contribution < -0.4 is 14.8 Å². The third kappa shape index (κ3) is 9.99. The monoisotopic (exact) mass is 649 g/mol. The summed E-state index contributed by atoms with van der Waals surface area (Å²) in [6.07, 6.45) is 2.20. The number of aromatic nitrogens is 1. The number of nitrogens with zero attached hydrogens (tertiary/aromatic N) is 2. The van der Waals surface area contributed by atoms with Gasteiger partial charge in [-0.2, -0.15) is 0 Å². The Labute approximate surface area is 273 Å². The zero-order valence-corrected chi connectivity index (χ0v) is 27.0. The Kier molecular flexibility index (Phi) is 11.9. The molecule has 1 aliphatic rings. The van der Waals surface area contributed by atoms with Gasteiger partial charge in [-0.15, -0.1) is 5.06 Å². The molecule has 4 rings (SSSR count). The highest BCUT2D eigenvalue weighted by Crippen LogP contribution is 2.27. The van der Waals surface area contributed by atoms with Crippen LogP contribution in [0.1, 0.15) is 70.3 Å². The minimum absolute atomic E-state index is 0.0372. The van der Waals surface area contributed by atoms with Crippen LogP contribution >= 0.6 is 0 Å². The molecule has 0 radical (unpaired) electrons. The smallest absolute Gasteiger partial charge is 0.497 e. The number of rotatable bonds is 11. The van der Waals surface area contributed by atoms with Crippen molar-refractivity contribution in [1.29, 1.82) is 0 Å². The number of benzene rings is 2. The minimum Gasteiger partial charge on any atom is -0.497 e. The van der Waals surface area contributed by atoms with E-state index in [4.69, 9.17) is 28.5 Å². The highest BCUT2D eigenvalue weighted by atomic mass is 16.8. The van der Waals surface area contributed by atoms with Crippen LogP contribution in [0.5, 0.6) is 11.5 Å². The summed E-state index contributed by atoms with van der Waals surface area (Å²) in [4.78, 5) is 61.6. The molecular weight excluding hydrogens is 610 g/mol. The number of nitrogens with one attached hydrogen (secondary N) is 1. The summed E-state index contributed by atoms with van der Waals surface area (Å²) in [6.45, 7) is 5.48. The molecule has 13 nitrogen and oxygen atoms in total. The van der Waals surface area contributed by atoms with E-state index < -0.39 is 35.8 Å². The lowest BCUT2D eigenvalue weighted by Gasteiger charge is -2.29. The molecule has 0 saturated carbocycles. The zero-order chi connectivity index (χ0) is 34.0. The molecule has 1 aliphatic heterocycles. The van der Waals surface area contributed by atoms with E-state index in [9.17, 15) is 19.2 Å². The fraction of sp³-hybridized carbons (Fsp3) is 0.382. The van der Waals surface area contributed by atoms with Crippen LogP contribution in [0.4, 0.5) is 4.79 Å². The average molecular weight is 650 g/mol. The molecule has 1 amide bonds. The van der Waals surface area contributed by atoms with Gasteiger partial charge in [-0.1, -0.05) is 12.1 Å². The Hall–Kier alpha value is -5.01. The highest BCUT2D eigenvalue weighted by Gasteiger charge is 2.34. The summed E-state index contributed by atoms with van der Waals surface area (Å²) in [5.41, 5.74) is 0.379. The van der Waals surface area contributed by atoms with Crippen LogP contribution in [0.15, 0.2) is 67.0 Å². The molecule has 1 saturated heterocycles. The van der Waals surface area contributed by atoms with E-state index in [1.807, 2.05) is 0 Å². The van der Waals surface area contributed by atoms with Crippen LogP contribution in [0.2, 0.25) is 0 Å². The summed E-state index contributed by atoms with van der Waals surface area (Å²) < 4.78 is 27.0. The van der Waals surface area contributed by atoms with Crippen molar-refractivity contribution in [1.82, 2.24) is 15.4 Å². The predicted molar refractivity (Wildman–Crippen MR) is 168 cm³/mol. The van der Waals surface area contributed by atoms with Gasteiger partial charge in [0.2, 0.25) is 0 Å². The quantitative estimate of drug-likeness (QED) is 0.176. The molecule has 0 spiro atoms. The molecule has 2 atom stereocenters.